The van der Waals surface area contributed by atoms with Crippen LogP contribution in [-0.4, -0.2) is 42.5 Å². The molecule has 0 fully saturated rings. The summed E-state index contributed by atoms with van der Waals surface area (Å²) in [6.07, 6.45) is 5.01. The van der Waals surface area contributed by atoms with Crippen LogP contribution in [0.4, 0.5) is 15.9 Å². The molecule has 4 aromatic heterocycles. The van der Waals surface area contributed by atoms with E-state index in [1.165, 1.54) is 12.4 Å². The molecule has 2 aromatic carbocycles. The van der Waals surface area contributed by atoms with Crippen LogP contribution in [0.3, 0.4) is 0 Å². The summed E-state index contributed by atoms with van der Waals surface area (Å²) in [5.41, 5.74) is 6.54. The van der Waals surface area contributed by atoms with Gasteiger partial charge in [-0.3, -0.25) is 14.3 Å². The lowest BCUT2D eigenvalue weighted by molar-refractivity contribution is -0.115. The molecular weight excluding hydrogens is 599 g/mol. The summed E-state index contributed by atoms with van der Waals surface area (Å²) < 4.78 is 29.1. The number of aryl methyl sites for hydroxylation is 3. The van der Waals surface area contributed by atoms with E-state index in [1.54, 1.807) is 49.2 Å². The summed E-state index contributed by atoms with van der Waals surface area (Å²) in [5.74, 6) is 0.839. The fourth-order valence-corrected chi connectivity index (χ4v) is 5.29. The van der Waals surface area contributed by atoms with E-state index in [9.17, 15) is 4.79 Å². The number of pyridine rings is 1. The summed E-state index contributed by atoms with van der Waals surface area (Å²) >= 11 is 0. The summed E-state index contributed by atoms with van der Waals surface area (Å²) in [5, 5.41) is 6.27. The maximum absolute atomic E-state index is 16.3. The smallest absolute Gasteiger partial charge is 0.322 e. The lowest BCUT2D eigenvalue weighted by Crippen LogP contribution is -2.10. The van der Waals surface area contributed by atoms with Gasteiger partial charge in [0.15, 0.2) is 11.6 Å². The molecule has 11 nitrogen and oxygen atoms in total. The van der Waals surface area contributed by atoms with Gasteiger partial charge >= 0.3 is 6.01 Å². The first-order valence-corrected chi connectivity index (χ1v) is 15.0. The minimum Gasteiger partial charge on any atom is -0.497 e. The highest BCUT2D eigenvalue weighted by atomic mass is 19.1. The number of amides is 1. The monoisotopic (exact) mass is 632 g/mol. The van der Waals surface area contributed by atoms with Gasteiger partial charge in [0.05, 0.1) is 41.6 Å². The number of hydrogen-bond donors (Lipinski definition) is 2. The molecule has 2 N–H and O–H groups in total. The Morgan fingerprint density at radius 2 is 1.74 bits per heavy atom. The van der Waals surface area contributed by atoms with Crippen LogP contribution >= 0.6 is 0 Å². The molecule has 6 aromatic rings. The van der Waals surface area contributed by atoms with Gasteiger partial charge in [-0.2, -0.15) is 0 Å². The maximum atomic E-state index is 16.3. The van der Waals surface area contributed by atoms with Gasteiger partial charge in [0, 0.05) is 36.5 Å². The van der Waals surface area contributed by atoms with E-state index < -0.39 is 5.82 Å². The first-order chi connectivity index (χ1) is 22.7. The van der Waals surface area contributed by atoms with E-state index in [2.05, 4.69) is 30.6 Å². The lowest BCUT2D eigenvalue weighted by Gasteiger charge is -2.16. The maximum Gasteiger partial charge on any atom is 0.322 e. The Morgan fingerprint density at radius 3 is 2.45 bits per heavy atom. The van der Waals surface area contributed by atoms with Crippen molar-refractivity contribution >= 4 is 28.4 Å². The third-order valence-corrected chi connectivity index (χ3v) is 7.65. The van der Waals surface area contributed by atoms with Gasteiger partial charge in [0.1, 0.15) is 23.3 Å². The Morgan fingerprint density at radius 1 is 0.957 bits per heavy atom. The van der Waals surface area contributed by atoms with Crippen molar-refractivity contribution in [3.63, 3.8) is 0 Å². The van der Waals surface area contributed by atoms with Crippen molar-refractivity contribution in [2.45, 2.75) is 40.7 Å². The molecule has 0 radical (unpaired) electrons. The summed E-state index contributed by atoms with van der Waals surface area (Å²) in [7, 11) is 1.62. The average molecular weight is 633 g/mol. The molecule has 0 saturated heterocycles. The van der Waals surface area contributed by atoms with Crippen LogP contribution in [-0.2, 0) is 11.3 Å². The molecule has 47 heavy (non-hydrogen) atoms. The Hall–Kier alpha value is -5.91. The third kappa shape index (κ3) is 6.43. The number of anilines is 2. The molecule has 0 aliphatic heterocycles. The van der Waals surface area contributed by atoms with E-state index in [-0.39, 0.29) is 23.4 Å². The molecule has 0 aliphatic carbocycles. The van der Waals surface area contributed by atoms with Gasteiger partial charge in [-0.25, -0.2) is 24.3 Å². The van der Waals surface area contributed by atoms with Gasteiger partial charge in [0.2, 0.25) is 5.91 Å². The number of methoxy groups -OCH3 is 1. The topological polar surface area (TPSA) is 129 Å². The number of fused-ring (bicyclic) bond motifs is 1. The number of halogens is 1. The third-order valence-electron chi connectivity index (χ3n) is 7.65. The summed E-state index contributed by atoms with van der Waals surface area (Å²) in [6.45, 7) is 7.88. The SMILES string of the molecule is CCC(=O)Nc1cnc(-c2c(C)c3ncnc(NCc4ccc(OC)cc4)c3n2-c2ccc(Oc3nccc(C)n3)cc2F)c(C)c1. The van der Waals surface area contributed by atoms with Crippen LogP contribution in [0.25, 0.3) is 28.1 Å². The molecule has 238 valence electrons. The predicted octanol–water partition coefficient (Wildman–Crippen LogP) is 7.10. The summed E-state index contributed by atoms with van der Waals surface area (Å²) in [6, 6.07) is 16.0. The van der Waals surface area contributed by atoms with Gasteiger partial charge in [-0.05, 0) is 68.3 Å². The molecular formula is C35H33FN8O3. The van der Waals surface area contributed by atoms with Crippen molar-refractivity contribution in [2.24, 2.45) is 0 Å². The van der Waals surface area contributed by atoms with Crippen LogP contribution in [0.15, 0.2) is 73.3 Å². The van der Waals surface area contributed by atoms with Gasteiger partial charge in [-0.15, -0.1) is 0 Å². The Balaban J connectivity index is 1.49. The minimum absolute atomic E-state index is 0.118. The second-order valence-corrected chi connectivity index (χ2v) is 10.9. The largest absolute Gasteiger partial charge is 0.497 e. The zero-order chi connectivity index (χ0) is 33.1. The molecule has 0 saturated carbocycles. The second-order valence-electron chi connectivity index (χ2n) is 10.9. The number of rotatable bonds is 10. The highest BCUT2D eigenvalue weighted by molar-refractivity contribution is 5.97. The van der Waals surface area contributed by atoms with Crippen molar-refractivity contribution in [3.8, 4) is 34.6 Å². The average Bonchev–Trinajstić information content (AvgIpc) is 3.36. The van der Waals surface area contributed by atoms with Crippen LogP contribution in [0.1, 0.15) is 35.7 Å². The number of aromatic nitrogens is 6. The number of nitrogens with zero attached hydrogens (tertiary/aromatic N) is 6. The molecule has 4 heterocycles. The number of hydrogen-bond acceptors (Lipinski definition) is 9. The molecule has 0 bridgehead atoms. The highest BCUT2D eigenvalue weighted by Gasteiger charge is 2.25. The van der Waals surface area contributed by atoms with Crippen molar-refractivity contribution in [3.05, 3.63) is 102 Å². The first-order valence-electron chi connectivity index (χ1n) is 15.0. The molecule has 0 atom stereocenters. The van der Waals surface area contributed by atoms with E-state index >= 15 is 4.39 Å². The molecule has 0 unspecified atom stereocenters. The summed E-state index contributed by atoms with van der Waals surface area (Å²) in [4.78, 5) is 34.4. The number of carbonyl (C=O) groups excluding carboxylic acids is 1. The van der Waals surface area contributed by atoms with Gasteiger partial charge in [-0.1, -0.05) is 19.1 Å². The van der Waals surface area contributed by atoms with Crippen LogP contribution < -0.4 is 20.1 Å². The number of ether oxygens (including phenoxy) is 2. The fourth-order valence-electron chi connectivity index (χ4n) is 5.29. The zero-order valence-corrected chi connectivity index (χ0v) is 26.6. The van der Waals surface area contributed by atoms with Crippen molar-refractivity contribution in [1.29, 1.82) is 0 Å². The quantitative estimate of drug-likeness (QED) is 0.162. The lowest BCUT2D eigenvalue weighted by atomic mass is 10.1. The number of nitrogens with one attached hydrogen (secondary N) is 2. The standard InChI is InChI=1S/C35H33FN8O3/c1-6-29(45)43-24-15-20(2)30(38-18-24)32-22(4)31-33(34(41-19-40-31)39-17-23-7-9-25(46-5)10-8-23)44(32)28-12-11-26(16-27(28)36)47-35-37-14-13-21(3)42-35/h7-16,18-19H,6,17H2,1-5H3,(H,43,45)(H,39,40,41). The number of carbonyl (C=O) groups is 1. The first kappa shape index (κ1) is 31.1. The van der Waals surface area contributed by atoms with Crippen molar-refractivity contribution < 1.29 is 18.7 Å². The van der Waals surface area contributed by atoms with Crippen molar-refractivity contribution in [2.75, 3.05) is 17.7 Å². The van der Waals surface area contributed by atoms with E-state index in [4.69, 9.17) is 14.5 Å². The van der Waals surface area contributed by atoms with Crippen LogP contribution in [0.2, 0.25) is 0 Å². The predicted molar refractivity (Wildman–Crippen MR) is 178 cm³/mol. The molecule has 0 aliphatic rings. The highest BCUT2D eigenvalue weighted by Crippen LogP contribution is 2.39. The van der Waals surface area contributed by atoms with Crippen LogP contribution in [0.5, 0.6) is 17.5 Å². The fraction of sp³-hybridized carbons (Fsp3) is 0.200. The Kier molecular flexibility index (Phi) is 8.74. The van der Waals surface area contributed by atoms with Gasteiger partial charge < -0.3 is 20.1 Å². The number of benzene rings is 2. The van der Waals surface area contributed by atoms with Gasteiger partial charge in [0.25, 0.3) is 0 Å². The molecule has 12 heteroatoms. The zero-order valence-electron chi connectivity index (χ0n) is 26.6. The van der Waals surface area contributed by atoms with Crippen LogP contribution in [0, 0.1) is 26.6 Å². The van der Waals surface area contributed by atoms with E-state index in [1.807, 2.05) is 51.1 Å². The molecule has 6 rings (SSSR count). The normalized spacial score (nSPS) is 11.0. The Bertz CT molecular complexity index is 2100. The molecule has 0 spiro atoms. The van der Waals surface area contributed by atoms with E-state index in [0.29, 0.717) is 46.9 Å². The van der Waals surface area contributed by atoms with E-state index in [0.717, 1.165) is 28.1 Å². The molecule has 1 amide bonds. The van der Waals surface area contributed by atoms with Crippen molar-refractivity contribution in [1.82, 2.24) is 29.5 Å². The second kappa shape index (κ2) is 13.2. The minimum atomic E-state index is -0.553. The Labute approximate surface area is 270 Å².